The molecule has 0 saturated heterocycles. The van der Waals surface area contributed by atoms with E-state index in [1.807, 2.05) is 44.4 Å². The van der Waals surface area contributed by atoms with Crippen LogP contribution < -0.4 is 5.32 Å². The summed E-state index contributed by atoms with van der Waals surface area (Å²) < 4.78 is 7.38. The van der Waals surface area contributed by atoms with Gasteiger partial charge in [-0.05, 0) is 26.0 Å². The number of thioether (sulfide) groups is 1. The van der Waals surface area contributed by atoms with Crippen LogP contribution in [0.5, 0.6) is 0 Å². The number of nitrogens with one attached hydrogen (secondary N) is 1. The van der Waals surface area contributed by atoms with Gasteiger partial charge in [0.1, 0.15) is 5.01 Å². The van der Waals surface area contributed by atoms with Gasteiger partial charge < -0.3 is 4.42 Å². The molecule has 10 heteroatoms. The van der Waals surface area contributed by atoms with Gasteiger partial charge in [-0.3, -0.25) is 14.7 Å². The van der Waals surface area contributed by atoms with Crippen LogP contribution in [-0.2, 0) is 4.79 Å². The maximum absolute atomic E-state index is 12.2. The molecule has 3 heterocycles. The molecule has 0 spiro atoms. The number of carbonyl (C=O) groups excluding carboxylic acids is 1. The van der Waals surface area contributed by atoms with Crippen molar-refractivity contribution in [2.75, 3.05) is 11.1 Å². The molecule has 3 aromatic heterocycles. The number of anilines is 1. The Morgan fingerprint density at radius 2 is 2.08 bits per heavy atom. The first-order valence-electron chi connectivity index (χ1n) is 8.20. The van der Waals surface area contributed by atoms with Gasteiger partial charge in [0.2, 0.25) is 16.9 Å². The number of hydrogen-bond acceptors (Lipinski definition) is 8. The smallest absolute Gasteiger partial charge is 0.236 e. The third kappa shape index (κ3) is 4.13. The van der Waals surface area contributed by atoms with E-state index in [4.69, 9.17) is 4.42 Å². The van der Waals surface area contributed by atoms with Gasteiger partial charge in [0.15, 0.2) is 10.9 Å². The molecule has 0 atom stereocenters. The molecule has 1 amide bonds. The molecule has 0 unspecified atom stereocenters. The summed E-state index contributed by atoms with van der Waals surface area (Å²) in [5.41, 5.74) is 0. The quantitative estimate of drug-likeness (QED) is 0.610. The topological polar surface area (TPSA) is 98.7 Å². The molecule has 138 valence electrons. The average Bonchev–Trinajstić information content (AvgIpc) is 3.32. The average molecular weight is 393 g/mol. The fourth-order valence-electron chi connectivity index (χ4n) is 2.22. The Morgan fingerprint density at radius 1 is 1.27 bits per heavy atom. The van der Waals surface area contributed by atoms with E-state index >= 15 is 0 Å². The van der Waals surface area contributed by atoms with Crippen LogP contribution in [0.2, 0.25) is 0 Å². The number of amides is 1. The number of rotatable bonds is 7. The second-order valence-electron chi connectivity index (χ2n) is 6.18. The fraction of sp³-hybridized carbons (Fsp3) is 0.438. The zero-order chi connectivity index (χ0) is 18.7. The summed E-state index contributed by atoms with van der Waals surface area (Å²) in [6, 6.07) is 3.78. The minimum Gasteiger partial charge on any atom is -0.461 e. The summed E-state index contributed by atoms with van der Waals surface area (Å²) in [7, 11) is 0. The van der Waals surface area contributed by atoms with Gasteiger partial charge in [-0.15, -0.1) is 20.4 Å². The summed E-state index contributed by atoms with van der Waals surface area (Å²) in [6.07, 6.45) is 1.60. The molecule has 26 heavy (non-hydrogen) atoms. The normalized spacial score (nSPS) is 11.5. The highest BCUT2D eigenvalue weighted by atomic mass is 32.2. The van der Waals surface area contributed by atoms with Gasteiger partial charge in [0.05, 0.1) is 12.0 Å². The number of carbonyl (C=O) groups is 1. The lowest BCUT2D eigenvalue weighted by atomic mass is 10.2. The minimum atomic E-state index is -0.153. The molecule has 3 aromatic rings. The lowest BCUT2D eigenvalue weighted by Crippen LogP contribution is -2.15. The number of hydrogen-bond donors (Lipinski definition) is 1. The molecule has 0 aromatic carbocycles. The standard InChI is InChI=1S/C16H20N6O2S2/c1-9(2)14-19-20-15(26-14)17-12(23)8-25-16-21-18-13(22(16)10(3)4)11-6-5-7-24-11/h5-7,9-10H,8H2,1-4H3,(H,17,20,23). The summed E-state index contributed by atoms with van der Waals surface area (Å²) in [5, 5.41) is 21.3. The van der Waals surface area contributed by atoms with Crippen molar-refractivity contribution < 1.29 is 9.21 Å². The summed E-state index contributed by atoms with van der Waals surface area (Å²) in [5.74, 6) is 1.65. The molecular weight excluding hydrogens is 372 g/mol. The third-order valence-electron chi connectivity index (χ3n) is 3.44. The van der Waals surface area contributed by atoms with Crippen molar-refractivity contribution in [1.29, 1.82) is 0 Å². The van der Waals surface area contributed by atoms with E-state index in [-0.39, 0.29) is 23.6 Å². The fourth-order valence-corrected chi connectivity index (χ4v) is 3.85. The Morgan fingerprint density at radius 3 is 2.69 bits per heavy atom. The van der Waals surface area contributed by atoms with Crippen LogP contribution in [0.25, 0.3) is 11.6 Å². The van der Waals surface area contributed by atoms with Gasteiger partial charge in [-0.2, -0.15) is 0 Å². The number of furan rings is 1. The van der Waals surface area contributed by atoms with E-state index < -0.39 is 0 Å². The molecule has 0 fully saturated rings. The zero-order valence-electron chi connectivity index (χ0n) is 15.0. The first-order valence-corrected chi connectivity index (χ1v) is 10.0. The van der Waals surface area contributed by atoms with Crippen molar-refractivity contribution in [2.45, 2.75) is 44.8 Å². The Balaban J connectivity index is 1.66. The molecule has 0 bridgehead atoms. The van der Waals surface area contributed by atoms with Gasteiger partial charge >= 0.3 is 0 Å². The van der Waals surface area contributed by atoms with Crippen LogP contribution >= 0.6 is 23.1 Å². The van der Waals surface area contributed by atoms with E-state index in [2.05, 4.69) is 25.7 Å². The predicted molar refractivity (Wildman–Crippen MR) is 101 cm³/mol. The molecule has 3 rings (SSSR count). The summed E-state index contributed by atoms with van der Waals surface area (Å²) in [6.45, 7) is 8.15. The second-order valence-corrected chi connectivity index (χ2v) is 8.14. The van der Waals surface area contributed by atoms with E-state index in [1.165, 1.54) is 23.1 Å². The van der Waals surface area contributed by atoms with E-state index in [0.717, 1.165) is 5.01 Å². The van der Waals surface area contributed by atoms with Crippen LogP contribution in [0.1, 0.15) is 44.7 Å². The molecule has 0 aliphatic rings. The molecule has 0 aliphatic carbocycles. The molecule has 0 aliphatic heterocycles. The summed E-state index contributed by atoms with van der Waals surface area (Å²) >= 11 is 2.72. The van der Waals surface area contributed by atoms with Crippen LogP contribution in [0.15, 0.2) is 28.0 Å². The lowest BCUT2D eigenvalue weighted by Gasteiger charge is -2.12. The van der Waals surface area contributed by atoms with Gasteiger partial charge in [0, 0.05) is 12.0 Å². The molecule has 8 nitrogen and oxygen atoms in total. The van der Waals surface area contributed by atoms with E-state index in [1.54, 1.807) is 6.26 Å². The first kappa shape index (κ1) is 18.6. The van der Waals surface area contributed by atoms with Crippen molar-refractivity contribution in [3.05, 3.63) is 23.4 Å². The van der Waals surface area contributed by atoms with Gasteiger partial charge in [-0.1, -0.05) is 36.9 Å². The van der Waals surface area contributed by atoms with Crippen LogP contribution in [0.4, 0.5) is 5.13 Å². The lowest BCUT2D eigenvalue weighted by molar-refractivity contribution is -0.113. The Labute approximate surface area is 159 Å². The van der Waals surface area contributed by atoms with Crippen molar-refractivity contribution in [1.82, 2.24) is 25.0 Å². The predicted octanol–water partition coefficient (Wildman–Crippen LogP) is 3.82. The summed E-state index contributed by atoms with van der Waals surface area (Å²) in [4.78, 5) is 12.2. The van der Waals surface area contributed by atoms with Gasteiger partial charge in [0.25, 0.3) is 0 Å². The highest BCUT2D eigenvalue weighted by Crippen LogP contribution is 2.28. The maximum Gasteiger partial charge on any atom is 0.236 e. The SMILES string of the molecule is CC(C)c1nnc(NC(=O)CSc2nnc(-c3ccco3)n2C(C)C)s1. The zero-order valence-corrected chi connectivity index (χ0v) is 16.6. The first-order chi connectivity index (χ1) is 12.5. The highest BCUT2D eigenvalue weighted by molar-refractivity contribution is 7.99. The minimum absolute atomic E-state index is 0.132. The Bertz CT molecular complexity index is 869. The molecule has 0 saturated carbocycles. The van der Waals surface area contributed by atoms with Crippen LogP contribution in [0, 0.1) is 0 Å². The van der Waals surface area contributed by atoms with Crippen LogP contribution in [-0.4, -0.2) is 36.6 Å². The number of nitrogens with zero attached hydrogens (tertiary/aromatic N) is 5. The maximum atomic E-state index is 12.2. The number of aromatic nitrogens is 5. The Hall–Kier alpha value is -2.20. The third-order valence-corrected chi connectivity index (χ3v) is 5.52. The van der Waals surface area contributed by atoms with Crippen molar-refractivity contribution >= 4 is 34.1 Å². The highest BCUT2D eigenvalue weighted by Gasteiger charge is 2.19. The van der Waals surface area contributed by atoms with Crippen molar-refractivity contribution in [2.24, 2.45) is 0 Å². The van der Waals surface area contributed by atoms with E-state index in [9.17, 15) is 4.79 Å². The monoisotopic (exact) mass is 392 g/mol. The van der Waals surface area contributed by atoms with E-state index in [0.29, 0.717) is 21.9 Å². The van der Waals surface area contributed by atoms with Crippen LogP contribution in [0.3, 0.4) is 0 Å². The largest absolute Gasteiger partial charge is 0.461 e. The second kappa shape index (κ2) is 8.00. The van der Waals surface area contributed by atoms with Crippen molar-refractivity contribution in [3.8, 4) is 11.6 Å². The Kier molecular flexibility index (Phi) is 5.72. The van der Waals surface area contributed by atoms with Gasteiger partial charge in [-0.25, -0.2) is 0 Å². The molecule has 0 radical (unpaired) electrons. The molecular formula is C16H20N6O2S2. The molecule has 1 N–H and O–H groups in total. The van der Waals surface area contributed by atoms with Crippen molar-refractivity contribution in [3.63, 3.8) is 0 Å².